The van der Waals surface area contributed by atoms with Crippen molar-refractivity contribution in [3.05, 3.63) is 28.3 Å². The molecule has 8 heteroatoms. The van der Waals surface area contributed by atoms with Gasteiger partial charge in [-0.2, -0.15) is 0 Å². The SMILES string of the molecule is CC(C)CCN(c1ccc(S(N)(=O)=O)cc1[N+](=O)[O-])C1CCCC1. The maximum Gasteiger partial charge on any atom is 0.293 e. The lowest BCUT2D eigenvalue weighted by atomic mass is 10.1. The molecule has 1 aromatic carbocycles. The first-order valence-corrected chi connectivity index (χ1v) is 9.82. The molecule has 2 N–H and O–H groups in total. The first kappa shape index (κ1) is 18.7. The van der Waals surface area contributed by atoms with E-state index in [1.54, 1.807) is 0 Å². The Morgan fingerprint density at radius 3 is 2.46 bits per heavy atom. The van der Waals surface area contributed by atoms with Crippen LogP contribution in [0.5, 0.6) is 0 Å². The fourth-order valence-corrected chi connectivity index (χ4v) is 3.72. The summed E-state index contributed by atoms with van der Waals surface area (Å²) in [4.78, 5) is 12.8. The van der Waals surface area contributed by atoms with Crippen LogP contribution < -0.4 is 10.0 Å². The van der Waals surface area contributed by atoms with Crippen molar-refractivity contribution in [2.24, 2.45) is 11.1 Å². The molecule has 0 aromatic heterocycles. The highest BCUT2D eigenvalue weighted by Crippen LogP contribution is 2.36. The normalized spacial score (nSPS) is 15.8. The fraction of sp³-hybridized carbons (Fsp3) is 0.625. The van der Waals surface area contributed by atoms with Crippen molar-refractivity contribution in [1.29, 1.82) is 0 Å². The Morgan fingerprint density at radius 1 is 1.33 bits per heavy atom. The van der Waals surface area contributed by atoms with Gasteiger partial charge in [-0.05, 0) is 37.3 Å². The minimum Gasteiger partial charge on any atom is -0.363 e. The predicted molar refractivity (Wildman–Crippen MR) is 93.5 cm³/mol. The van der Waals surface area contributed by atoms with E-state index >= 15 is 0 Å². The molecule has 0 saturated heterocycles. The second-order valence-electron chi connectivity index (χ2n) is 6.77. The van der Waals surface area contributed by atoms with E-state index in [1.165, 1.54) is 12.1 Å². The molecule has 7 nitrogen and oxygen atoms in total. The first-order valence-electron chi connectivity index (χ1n) is 8.28. The van der Waals surface area contributed by atoms with Crippen molar-refractivity contribution in [2.45, 2.75) is 56.9 Å². The van der Waals surface area contributed by atoms with Gasteiger partial charge in [-0.1, -0.05) is 26.7 Å². The summed E-state index contributed by atoms with van der Waals surface area (Å²) in [6.45, 7) is 4.95. The van der Waals surface area contributed by atoms with Gasteiger partial charge in [0.1, 0.15) is 5.69 Å². The Morgan fingerprint density at radius 2 is 1.96 bits per heavy atom. The summed E-state index contributed by atoms with van der Waals surface area (Å²) in [5.74, 6) is 0.483. The molecule has 24 heavy (non-hydrogen) atoms. The molecule has 1 aromatic rings. The van der Waals surface area contributed by atoms with Crippen LogP contribution in [0.1, 0.15) is 46.0 Å². The number of nitrogens with zero attached hydrogens (tertiary/aromatic N) is 2. The molecule has 1 fully saturated rings. The Hall–Kier alpha value is -1.67. The Bertz CT molecular complexity index is 697. The van der Waals surface area contributed by atoms with Crippen LogP contribution in [0.4, 0.5) is 11.4 Å². The number of hydrogen-bond donors (Lipinski definition) is 1. The number of anilines is 1. The van der Waals surface area contributed by atoms with Crippen molar-refractivity contribution < 1.29 is 13.3 Å². The van der Waals surface area contributed by atoms with E-state index in [0.717, 1.165) is 44.7 Å². The van der Waals surface area contributed by atoms with Crippen LogP contribution in [0.25, 0.3) is 0 Å². The third-order valence-electron chi connectivity index (χ3n) is 4.49. The van der Waals surface area contributed by atoms with Crippen LogP contribution in [0.3, 0.4) is 0 Å². The van der Waals surface area contributed by atoms with Gasteiger partial charge in [-0.3, -0.25) is 10.1 Å². The highest BCUT2D eigenvalue weighted by molar-refractivity contribution is 7.89. The largest absolute Gasteiger partial charge is 0.363 e. The lowest BCUT2D eigenvalue weighted by Crippen LogP contribution is -2.35. The monoisotopic (exact) mass is 355 g/mol. The molecule has 0 heterocycles. The number of nitro benzene ring substituents is 1. The van der Waals surface area contributed by atoms with E-state index in [2.05, 4.69) is 18.7 Å². The van der Waals surface area contributed by atoms with Crippen molar-refractivity contribution >= 4 is 21.4 Å². The van der Waals surface area contributed by atoms with Gasteiger partial charge in [0, 0.05) is 18.7 Å². The van der Waals surface area contributed by atoms with Gasteiger partial charge in [0.05, 0.1) is 9.82 Å². The molecule has 0 atom stereocenters. The second kappa shape index (κ2) is 7.48. The van der Waals surface area contributed by atoms with Gasteiger partial charge in [0.25, 0.3) is 5.69 Å². The maximum absolute atomic E-state index is 11.5. The van der Waals surface area contributed by atoms with Crippen LogP contribution in [0.15, 0.2) is 23.1 Å². The summed E-state index contributed by atoms with van der Waals surface area (Å²) in [5.41, 5.74) is 0.289. The number of nitro groups is 1. The number of benzene rings is 1. The van der Waals surface area contributed by atoms with Crippen molar-refractivity contribution in [2.75, 3.05) is 11.4 Å². The summed E-state index contributed by atoms with van der Waals surface area (Å²) in [7, 11) is -3.97. The lowest BCUT2D eigenvalue weighted by Gasteiger charge is -2.31. The van der Waals surface area contributed by atoms with Gasteiger partial charge in [-0.15, -0.1) is 0 Å². The van der Waals surface area contributed by atoms with E-state index in [9.17, 15) is 18.5 Å². The summed E-state index contributed by atoms with van der Waals surface area (Å²) in [6, 6.07) is 4.22. The van der Waals surface area contributed by atoms with E-state index < -0.39 is 14.9 Å². The zero-order chi connectivity index (χ0) is 17.9. The van der Waals surface area contributed by atoms with E-state index in [-0.39, 0.29) is 16.6 Å². The number of hydrogen-bond acceptors (Lipinski definition) is 5. The quantitative estimate of drug-likeness (QED) is 0.597. The smallest absolute Gasteiger partial charge is 0.293 e. The minimum absolute atomic E-state index is 0.197. The summed E-state index contributed by atoms with van der Waals surface area (Å²) in [5, 5.41) is 16.6. The Balaban J connectivity index is 2.45. The highest BCUT2D eigenvalue weighted by atomic mass is 32.2. The van der Waals surface area contributed by atoms with Crippen molar-refractivity contribution in [3.8, 4) is 0 Å². The van der Waals surface area contributed by atoms with Crippen molar-refractivity contribution in [1.82, 2.24) is 0 Å². The molecule has 2 rings (SSSR count). The van der Waals surface area contributed by atoms with E-state index in [1.807, 2.05) is 0 Å². The first-order chi connectivity index (χ1) is 11.2. The summed E-state index contributed by atoms with van der Waals surface area (Å²) < 4.78 is 23.0. The zero-order valence-corrected chi connectivity index (χ0v) is 15.0. The molecule has 0 bridgehead atoms. The lowest BCUT2D eigenvalue weighted by molar-refractivity contribution is -0.384. The molecule has 0 aliphatic heterocycles. The molecular formula is C16H25N3O4S. The minimum atomic E-state index is -3.97. The summed E-state index contributed by atoms with van der Waals surface area (Å²) in [6.07, 6.45) is 5.17. The van der Waals surface area contributed by atoms with Gasteiger partial charge in [0.2, 0.25) is 10.0 Å². The molecule has 134 valence electrons. The van der Waals surface area contributed by atoms with Crippen LogP contribution in [0.2, 0.25) is 0 Å². The van der Waals surface area contributed by atoms with Gasteiger partial charge in [0.15, 0.2) is 0 Å². The summed E-state index contributed by atoms with van der Waals surface area (Å²) >= 11 is 0. The van der Waals surface area contributed by atoms with Gasteiger partial charge < -0.3 is 4.90 Å². The molecule has 0 radical (unpaired) electrons. The van der Waals surface area contributed by atoms with Gasteiger partial charge >= 0.3 is 0 Å². The standard InChI is InChI=1S/C16H25N3O4S/c1-12(2)9-10-18(13-5-3-4-6-13)15-8-7-14(24(17,22)23)11-16(15)19(20)21/h7-8,11-13H,3-6,9-10H2,1-2H3,(H2,17,22,23). The van der Waals surface area contributed by atoms with Crippen LogP contribution in [-0.2, 0) is 10.0 Å². The number of primary sulfonamides is 1. The molecule has 0 spiro atoms. The average molecular weight is 355 g/mol. The average Bonchev–Trinajstić information content (AvgIpc) is 3.00. The van der Waals surface area contributed by atoms with Crippen molar-refractivity contribution in [3.63, 3.8) is 0 Å². The molecule has 1 saturated carbocycles. The zero-order valence-electron chi connectivity index (χ0n) is 14.1. The molecule has 0 amide bonds. The number of sulfonamides is 1. The molecular weight excluding hydrogens is 330 g/mol. The molecule has 1 aliphatic carbocycles. The topological polar surface area (TPSA) is 107 Å². The fourth-order valence-electron chi connectivity index (χ4n) is 3.18. The predicted octanol–water partition coefficient (Wildman–Crippen LogP) is 3.04. The molecule has 1 aliphatic rings. The maximum atomic E-state index is 11.5. The second-order valence-corrected chi connectivity index (χ2v) is 8.33. The highest BCUT2D eigenvalue weighted by Gasteiger charge is 2.29. The molecule has 0 unspecified atom stereocenters. The van der Waals surface area contributed by atoms with Crippen LogP contribution in [-0.4, -0.2) is 25.9 Å². The third kappa shape index (κ3) is 4.45. The van der Waals surface area contributed by atoms with E-state index in [4.69, 9.17) is 5.14 Å². The number of nitrogens with two attached hydrogens (primary N) is 1. The van der Waals surface area contributed by atoms with E-state index in [0.29, 0.717) is 11.6 Å². The Kier molecular flexibility index (Phi) is 5.82. The van der Waals surface area contributed by atoms with Crippen LogP contribution in [0, 0.1) is 16.0 Å². The Labute approximate surface area is 143 Å². The number of rotatable bonds is 7. The van der Waals surface area contributed by atoms with Crippen LogP contribution >= 0.6 is 0 Å². The van der Waals surface area contributed by atoms with Gasteiger partial charge in [-0.25, -0.2) is 13.6 Å². The third-order valence-corrected chi connectivity index (χ3v) is 5.41.